The van der Waals surface area contributed by atoms with Crippen molar-refractivity contribution in [2.45, 2.75) is 32.2 Å². The molecule has 0 saturated heterocycles. The van der Waals surface area contributed by atoms with Crippen molar-refractivity contribution in [3.8, 4) is 0 Å². The van der Waals surface area contributed by atoms with Gasteiger partial charge in [0.05, 0.1) is 31.4 Å². The molecular formula is C27H31NO5. The van der Waals surface area contributed by atoms with Gasteiger partial charge in [-0.05, 0) is 28.2 Å². The van der Waals surface area contributed by atoms with Crippen molar-refractivity contribution in [1.29, 1.82) is 0 Å². The quantitative estimate of drug-likeness (QED) is 0.447. The lowest BCUT2D eigenvalue weighted by molar-refractivity contribution is -0.130. The van der Waals surface area contributed by atoms with E-state index in [2.05, 4.69) is 20.8 Å². The number of hydrogen-bond acceptors (Lipinski definition) is 5. The summed E-state index contributed by atoms with van der Waals surface area (Å²) in [5, 5.41) is 19.6. The van der Waals surface area contributed by atoms with Crippen molar-refractivity contribution in [2.24, 2.45) is 0 Å². The minimum absolute atomic E-state index is 0.0447. The van der Waals surface area contributed by atoms with Crippen LogP contribution in [0.3, 0.4) is 0 Å². The summed E-state index contributed by atoms with van der Waals surface area (Å²) in [6.07, 6.45) is 3.05. The highest BCUT2D eigenvalue weighted by atomic mass is 16.5. The first-order valence-electron chi connectivity index (χ1n) is 11.0. The molecule has 1 heterocycles. The highest BCUT2D eigenvalue weighted by Gasteiger charge is 2.42. The Morgan fingerprint density at radius 2 is 1.73 bits per heavy atom. The number of allylic oxidation sites excluding steroid dienone is 1. The number of ketones is 1. The third kappa shape index (κ3) is 5.78. The van der Waals surface area contributed by atoms with E-state index in [9.17, 15) is 14.7 Å². The second kappa shape index (κ2) is 10.6. The lowest BCUT2D eigenvalue weighted by atomic mass is 9.85. The first kappa shape index (κ1) is 24.4. The van der Waals surface area contributed by atoms with Crippen molar-refractivity contribution in [2.75, 3.05) is 26.4 Å². The Bertz CT molecular complexity index is 1030. The fourth-order valence-corrected chi connectivity index (χ4v) is 3.80. The first-order valence-corrected chi connectivity index (χ1v) is 11.0. The number of nitrogens with zero attached hydrogens (tertiary/aromatic N) is 1. The average molecular weight is 450 g/mol. The summed E-state index contributed by atoms with van der Waals surface area (Å²) in [6, 6.07) is 16.4. The van der Waals surface area contributed by atoms with E-state index in [1.807, 2.05) is 54.6 Å². The van der Waals surface area contributed by atoms with E-state index in [-0.39, 0.29) is 37.4 Å². The predicted octanol–water partition coefficient (Wildman–Crippen LogP) is 3.97. The molecule has 0 saturated carbocycles. The first-order chi connectivity index (χ1) is 15.7. The second-order valence-electron chi connectivity index (χ2n) is 8.98. The SMILES string of the molecule is CC(C)(C)c1ccc(C2C(C(=O)C=Cc3ccccc3)=C(O)C(=O)N2CCOCCO)cc1. The maximum atomic E-state index is 13.2. The Hall–Kier alpha value is -3.22. The molecule has 2 aromatic carbocycles. The van der Waals surface area contributed by atoms with E-state index in [1.54, 1.807) is 6.08 Å². The molecule has 174 valence electrons. The van der Waals surface area contributed by atoms with Gasteiger partial charge in [-0.2, -0.15) is 0 Å². The Balaban J connectivity index is 1.95. The predicted molar refractivity (Wildman–Crippen MR) is 128 cm³/mol. The van der Waals surface area contributed by atoms with Crippen LogP contribution in [-0.2, 0) is 19.7 Å². The fraction of sp³-hybridized carbons (Fsp3) is 0.333. The summed E-state index contributed by atoms with van der Waals surface area (Å²) in [5.41, 5.74) is 2.71. The van der Waals surface area contributed by atoms with Crippen LogP contribution < -0.4 is 0 Å². The molecule has 1 atom stereocenters. The normalized spacial score (nSPS) is 16.8. The molecule has 33 heavy (non-hydrogen) atoms. The summed E-state index contributed by atoms with van der Waals surface area (Å²) in [4.78, 5) is 27.5. The second-order valence-corrected chi connectivity index (χ2v) is 8.98. The van der Waals surface area contributed by atoms with Gasteiger partial charge in [-0.25, -0.2) is 0 Å². The number of carbonyl (C=O) groups is 2. The molecule has 0 aliphatic carbocycles. The zero-order valence-electron chi connectivity index (χ0n) is 19.3. The van der Waals surface area contributed by atoms with Crippen LogP contribution in [0.4, 0.5) is 0 Å². The van der Waals surface area contributed by atoms with Gasteiger partial charge in [-0.3, -0.25) is 9.59 Å². The Labute approximate surface area is 194 Å². The molecule has 0 bridgehead atoms. The smallest absolute Gasteiger partial charge is 0.290 e. The molecule has 3 rings (SSSR count). The van der Waals surface area contributed by atoms with E-state index in [0.717, 1.165) is 16.7 Å². The summed E-state index contributed by atoms with van der Waals surface area (Å²) in [7, 11) is 0. The van der Waals surface area contributed by atoms with Crippen LogP contribution in [0.5, 0.6) is 0 Å². The molecule has 6 nitrogen and oxygen atoms in total. The maximum absolute atomic E-state index is 13.2. The van der Waals surface area contributed by atoms with E-state index in [4.69, 9.17) is 9.84 Å². The van der Waals surface area contributed by atoms with Crippen LogP contribution in [-0.4, -0.2) is 53.2 Å². The minimum Gasteiger partial charge on any atom is -0.503 e. The number of amides is 1. The standard InChI is InChI=1S/C27H31NO5/c1-27(2,3)21-12-10-20(11-13-21)24-23(22(30)14-9-19-7-5-4-6-8-19)25(31)26(32)28(24)15-17-33-18-16-29/h4-14,24,29,31H,15-18H2,1-3H3. The molecule has 1 amide bonds. The molecule has 0 fully saturated rings. The molecule has 6 heteroatoms. The van der Waals surface area contributed by atoms with Gasteiger partial charge in [0.1, 0.15) is 0 Å². The number of rotatable bonds is 9. The van der Waals surface area contributed by atoms with Gasteiger partial charge in [0.25, 0.3) is 5.91 Å². The van der Waals surface area contributed by atoms with Gasteiger partial charge >= 0.3 is 0 Å². The molecule has 1 aliphatic heterocycles. The van der Waals surface area contributed by atoms with Crippen molar-refractivity contribution in [3.63, 3.8) is 0 Å². The summed E-state index contributed by atoms with van der Waals surface area (Å²) < 4.78 is 5.33. The Morgan fingerprint density at radius 3 is 2.33 bits per heavy atom. The van der Waals surface area contributed by atoms with Gasteiger partial charge in [0.2, 0.25) is 0 Å². The number of aliphatic hydroxyl groups excluding tert-OH is 2. The van der Waals surface area contributed by atoms with Crippen LogP contribution in [0, 0.1) is 0 Å². The van der Waals surface area contributed by atoms with Crippen molar-refractivity contribution in [1.82, 2.24) is 4.90 Å². The van der Waals surface area contributed by atoms with Crippen LogP contribution in [0.15, 0.2) is 72.0 Å². The Morgan fingerprint density at radius 1 is 1.06 bits per heavy atom. The van der Waals surface area contributed by atoms with Crippen molar-refractivity contribution < 1.29 is 24.5 Å². The van der Waals surface area contributed by atoms with E-state index in [1.165, 1.54) is 11.0 Å². The summed E-state index contributed by atoms with van der Waals surface area (Å²) >= 11 is 0. The molecule has 0 spiro atoms. The molecule has 1 unspecified atom stereocenters. The van der Waals surface area contributed by atoms with Crippen LogP contribution in [0.2, 0.25) is 0 Å². The molecule has 2 aromatic rings. The van der Waals surface area contributed by atoms with Gasteiger partial charge < -0.3 is 19.8 Å². The van der Waals surface area contributed by atoms with Crippen LogP contribution in [0.25, 0.3) is 6.08 Å². The topological polar surface area (TPSA) is 87.1 Å². The van der Waals surface area contributed by atoms with Crippen molar-refractivity contribution in [3.05, 3.63) is 88.7 Å². The third-order valence-electron chi connectivity index (χ3n) is 5.60. The number of hydrogen-bond donors (Lipinski definition) is 2. The van der Waals surface area contributed by atoms with Gasteiger partial charge in [-0.1, -0.05) is 81.4 Å². The van der Waals surface area contributed by atoms with E-state index >= 15 is 0 Å². The van der Waals surface area contributed by atoms with Gasteiger partial charge in [0.15, 0.2) is 11.5 Å². The molecule has 1 aliphatic rings. The van der Waals surface area contributed by atoms with Gasteiger partial charge in [-0.15, -0.1) is 0 Å². The van der Waals surface area contributed by atoms with E-state index in [0.29, 0.717) is 0 Å². The molecule has 2 N–H and O–H groups in total. The molecule has 0 radical (unpaired) electrons. The monoisotopic (exact) mass is 449 g/mol. The van der Waals surface area contributed by atoms with Crippen molar-refractivity contribution >= 4 is 17.8 Å². The summed E-state index contributed by atoms with van der Waals surface area (Å²) in [6.45, 7) is 6.72. The summed E-state index contributed by atoms with van der Waals surface area (Å²) in [5.74, 6) is -1.57. The largest absolute Gasteiger partial charge is 0.503 e. The highest BCUT2D eigenvalue weighted by Crippen LogP contribution is 2.38. The Kier molecular flexibility index (Phi) is 7.84. The lowest BCUT2D eigenvalue weighted by Gasteiger charge is -2.27. The third-order valence-corrected chi connectivity index (χ3v) is 5.60. The van der Waals surface area contributed by atoms with Crippen LogP contribution >= 0.6 is 0 Å². The van der Waals surface area contributed by atoms with Gasteiger partial charge in [0, 0.05) is 6.54 Å². The number of aliphatic hydroxyl groups is 2. The fourth-order valence-electron chi connectivity index (χ4n) is 3.80. The number of ether oxygens (including phenoxy) is 1. The molecule has 0 aromatic heterocycles. The highest BCUT2D eigenvalue weighted by molar-refractivity contribution is 6.14. The number of benzene rings is 2. The zero-order chi connectivity index (χ0) is 24.0. The lowest BCUT2D eigenvalue weighted by Crippen LogP contribution is -2.34. The zero-order valence-corrected chi connectivity index (χ0v) is 19.3. The number of carbonyl (C=O) groups excluding carboxylic acids is 2. The minimum atomic E-state index is -0.725. The van der Waals surface area contributed by atoms with Crippen LogP contribution in [0.1, 0.15) is 43.5 Å². The van der Waals surface area contributed by atoms with E-state index < -0.39 is 23.5 Å². The maximum Gasteiger partial charge on any atom is 0.290 e. The molecular weight excluding hydrogens is 418 g/mol. The average Bonchev–Trinajstić information content (AvgIpc) is 3.05.